The molecule has 3 heterocycles. The first-order valence-electron chi connectivity index (χ1n) is 24.2. The molecule has 370 valence electrons. The number of rotatable bonds is 9. The number of ether oxygens (including phenoxy) is 5. The Morgan fingerprint density at radius 2 is 1.56 bits per heavy atom. The Morgan fingerprint density at radius 1 is 0.922 bits per heavy atom. The Bertz CT molecular complexity index is 1550. The third-order valence-electron chi connectivity index (χ3n) is 15.6. The van der Waals surface area contributed by atoms with Crippen LogP contribution in [-0.2, 0) is 32.9 Å². The van der Waals surface area contributed by atoms with Gasteiger partial charge in [-0.3, -0.25) is 4.79 Å². The summed E-state index contributed by atoms with van der Waals surface area (Å²) < 4.78 is 38.3. The van der Waals surface area contributed by atoms with Crippen molar-refractivity contribution in [1.82, 2.24) is 4.90 Å². The third-order valence-corrected chi connectivity index (χ3v) is 20.1. The summed E-state index contributed by atoms with van der Waals surface area (Å²) in [4.78, 5) is 16.1. The van der Waals surface area contributed by atoms with Crippen LogP contribution < -0.4 is 0 Å². The standard InChI is InChI=1S/C50H89NO12Si/c1-15-18-36-24-30(2)23-31(3)25-42(59-11)45-43(60-12)27-33(5)50(57,62-45)46(54)47(55)51-22-17-16-19-37(51)48(56)61-44(32(4)26-35-20-21-38(52)41(28-35)58-10)34(6)40(29-39(36)53)63-64(13,14)49(7,8)9/h15,24,26,31,33-46,48,52-54,56-57H,1,16-23,25,27-29H2,2-14H3/t31-,33+,34+,35-,36+,37-,38+,39+,40-,41+,42-,43-,44+,45?,46+,48+,50+/m0/s1. The number of carbonyl (C=O) groups excluding carboxylic acids is 1. The summed E-state index contributed by atoms with van der Waals surface area (Å²) in [6.45, 7) is 25.3. The highest BCUT2D eigenvalue weighted by molar-refractivity contribution is 6.74. The van der Waals surface area contributed by atoms with Crippen LogP contribution in [0.15, 0.2) is 36.0 Å². The molecule has 2 bridgehead atoms. The largest absolute Gasteiger partial charge is 0.413 e. The quantitative estimate of drug-likeness (QED) is 0.118. The summed E-state index contributed by atoms with van der Waals surface area (Å²) in [6.07, 6.45) is 4.13. The molecule has 1 amide bonds. The van der Waals surface area contributed by atoms with E-state index < -0.39 is 93.0 Å². The second kappa shape index (κ2) is 23.7. The first kappa shape index (κ1) is 55.1. The van der Waals surface area contributed by atoms with Crippen molar-refractivity contribution in [3.05, 3.63) is 36.0 Å². The van der Waals surface area contributed by atoms with Crippen LogP contribution in [-0.4, -0.2) is 146 Å². The maximum Gasteiger partial charge on any atom is 0.257 e. The molecule has 3 fully saturated rings. The van der Waals surface area contributed by atoms with Gasteiger partial charge >= 0.3 is 0 Å². The van der Waals surface area contributed by atoms with Crippen LogP contribution in [0, 0.1) is 29.6 Å². The van der Waals surface area contributed by atoms with E-state index in [2.05, 4.69) is 73.4 Å². The van der Waals surface area contributed by atoms with Crippen molar-refractivity contribution in [3.63, 3.8) is 0 Å². The molecule has 0 aromatic heterocycles. The van der Waals surface area contributed by atoms with Gasteiger partial charge in [-0.2, -0.15) is 0 Å². The third kappa shape index (κ3) is 13.4. The zero-order chi connectivity index (χ0) is 47.9. The lowest BCUT2D eigenvalue weighted by Gasteiger charge is -2.50. The Balaban J connectivity index is 1.89. The molecule has 64 heavy (non-hydrogen) atoms. The lowest BCUT2D eigenvalue weighted by molar-refractivity contribution is -0.347. The van der Waals surface area contributed by atoms with E-state index in [0.29, 0.717) is 64.2 Å². The van der Waals surface area contributed by atoms with Crippen LogP contribution >= 0.6 is 0 Å². The highest BCUT2D eigenvalue weighted by Crippen LogP contribution is 2.43. The topological polar surface area (TPSA) is 177 Å². The van der Waals surface area contributed by atoms with Crippen molar-refractivity contribution in [1.29, 1.82) is 0 Å². The number of piperidine rings is 1. The molecule has 17 atom stereocenters. The summed E-state index contributed by atoms with van der Waals surface area (Å²) >= 11 is 0. The molecule has 13 nitrogen and oxygen atoms in total. The van der Waals surface area contributed by atoms with E-state index in [1.54, 1.807) is 28.3 Å². The van der Waals surface area contributed by atoms with E-state index in [0.717, 1.165) is 17.6 Å². The van der Waals surface area contributed by atoms with Crippen LogP contribution in [0.3, 0.4) is 0 Å². The molecule has 0 aromatic rings. The van der Waals surface area contributed by atoms with Crippen molar-refractivity contribution < 1.29 is 58.4 Å². The molecule has 0 spiro atoms. The van der Waals surface area contributed by atoms with Crippen LogP contribution in [0.5, 0.6) is 0 Å². The van der Waals surface area contributed by atoms with E-state index in [-0.39, 0.29) is 35.4 Å². The summed E-state index contributed by atoms with van der Waals surface area (Å²) in [5, 5.41) is 59.5. The minimum Gasteiger partial charge on any atom is -0.413 e. The van der Waals surface area contributed by atoms with Crippen molar-refractivity contribution in [3.8, 4) is 0 Å². The van der Waals surface area contributed by atoms with Gasteiger partial charge in [-0.25, -0.2) is 0 Å². The molecule has 4 aliphatic rings. The Morgan fingerprint density at radius 3 is 2.17 bits per heavy atom. The molecule has 14 heteroatoms. The number of aliphatic hydroxyl groups excluding tert-OH is 4. The van der Waals surface area contributed by atoms with Crippen molar-refractivity contribution in [2.45, 2.75) is 217 Å². The maximum absolute atomic E-state index is 14.6. The minimum atomic E-state index is -2.47. The van der Waals surface area contributed by atoms with E-state index in [1.165, 1.54) is 4.90 Å². The number of nitrogens with zero attached hydrogens (tertiary/aromatic N) is 1. The number of carbonyl (C=O) groups is 1. The van der Waals surface area contributed by atoms with Gasteiger partial charge in [-0.05, 0) is 120 Å². The van der Waals surface area contributed by atoms with Crippen molar-refractivity contribution in [2.24, 2.45) is 29.6 Å². The predicted molar refractivity (Wildman–Crippen MR) is 252 cm³/mol. The minimum absolute atomic E-state index is 0.0737. The van der Waals surface area contributed by atoms with Gasteiger partial charge in [0.05, 0.1) is 48.8 Å². The summed E-state index contributed by atoms with van der Waals surface area (Å²) in [6, 6.07) is -0.844. The summed E-state index contributed by atoms with van der Waals surface area (Å²) in [5.41, 5.74) is 1.96. The number of fused-ring (bicyclic) bond motifs is 3. The van der Waals surface area contributed by atoms with Gasteiger partial charge in [0.15, 0.2) is 20.7 Å². The Hall–Kier alpha value is -1.53. The zero-order valence-electron chi connectivity index (χ0n) is 41.7. The van der Waals surface area contributed by atoms with E-state index in [9.17, 15) is 30.3 Å². The summed E-state index contributed by atoms with van der Waals surface area (Å²) in [5.74, 6) is -4.20. The molecule has 3 aliphatic heterocycles. The first-order chi connectivity index (χ1) is 29.9. The van der Waals surface area contributed by atoms with Crippen LogP contribution in [0.4, 0.5) is 0 Å². The molecule has 5 N–H and O–H groups in total. The number of aliphatic hydroxyl groups is 5. The van der Waals surface area contributed by atoms with Crippen molar-refractivity contribution >= 4 is 14.2 Å². The van der Waals surface area contributed by atoms with E-state index in [1.807, 2.05) is 13.0 Å². The fourth-order valence-corrected chi connectivity index (χ4v) is 12.0. The highest BCUT2D eigenvalue weighted by Gasteiger charge is 2.56. The van der Waals surface area contributed by atoms with Gasteiger partial charge in [0.1, 0.15) is 6.10 Å². The molecule has 1 aliphatic carbocycles. The Kier molecular flexibility index (Phi) is 20.4. The monoisotopic (exact) mass is 924 g/mol. The maximum atomic E-state index is 14.6. The molecule has 0 radical (unpaired) electrons. The van der Waals surface area contributed by atoms with Crippen LogP contribution in [0.25, 0.3) is 0 Å². The fraction of sp³-hybridized carbons (Fsp3) is 0.860. The molecular formula is C50H89NO12Si. The number of amides is 1. The normalized spacial score (nSPS) is 41.1. The smallest absolute Gasteiger partial charge is 0.257 e. The van der Waals surface area contributed by atoms with Crippen LogP contribution in [0.2, 0.25) is 18.1 Å². The lowest BCUT2D eigenvalue weighted by Crippen LogP contribution is -2.66. The van der Waals surface area contributed by atoms with E-state index in [4.69, 9.17) is 28.1 Å². The molecule has 2 saturated heterocycles. The average Bonchev–Trinajstić information content (AvgIpc) is 3.23. The van der Waals surface area contributed by atoms with Gasteiger partial charge in [-0.15, -0.1) is 6.58 Å². The predicted octanol–water partition coefficient (Wildman–Crippen LogP) is 7.04. The Labute approximate surface area is 387 Å². The van der Waals surface area contributed by atoms with Gasteiger partial charge in [0.25, 0.3) is 5.91 Å². The molecule has 1 saturated carbocycles. The second-order valence-electron chi connectivity index (χ2n) is 21.6. The average molecular weight is 924 g/mol. The molecule has 0 aromatic carbocycles. The molecular weight excluding hydrogens is 835 g/mol. The van der Waals surface area contributed by atoms with Gasteiger partial charge in [0.2, 0.25) is 5.79 Å². The lowest BCUT2D eigenvalue weighted by atomic mass is 9.81. The van der Waals surface area contributed by atoms with Crippen molar-refractivity contribution in [2.75, 3.05) is 27.9 Å². The van der Waals surface area contributed by atoms with Gasteiger partial charge in [0, 0.05) is 45.6 Å². The SMILES string of the molecule is C=CC[C@@H]1C=C(C)C[C@H](C)C[C@H](OC)C2O[C@](O)([C@H](C)C[C@@H]2OC)[C@H](O)C(=O)N2CCCC[C@H]2[C@H](O)O[C@H](C(C)=C[C@@H]2CC[C@@H](O)[C@H](OC)C2)[C@H](C)[C@@H](O[Si](C)(C)C(C)(C)C)C[C@H]1O. The zero-order valence-corrected chi connectivity index (χ0v) is 42.7. The first-order valence-corrected chi connectivity index (χ1v) is 27.1. The molecule has 1 unspecified atom stereocenters. The second-order valence-corrected chi connectivity index (χ2v) is 26.4. The number of hydrogen-bond donors (Lipinski definition) is 5. The van der Waals surface area contributed by atoms with Gasteiger partial charge < -0.3 is 58.5 Å². The molecule has 4 rings (SSSR count). The fourth-order valence-electron chi connectivity index (χ4n) is 10.6. The number of hydrogen-bond acceptors (Lipinski definition) is 12. The number of methoxy groups -OCH3 is 3. The van der Waals surface area contributed by atoms with Gasteiger partial charge in [-0.1, -0.05) is 65.3 Å². The number of allylic oxidation sites excluding steroid dienone is 3. The van der Waals surface area contributed by atoms with Crippen LogP contribution in [0.1, 0.15) is 126 Å². The van der Waals surface area contributed by atoms with E-state index >= 15 is 0 Å². The summed E-state index contributed by atoms with van der Waals surface area (Å²) in [7, 11) is 2.32. The highest BCUT2D eigenvalue weighted by atomic mass is 28.4.